The van der Waals surface area contributed by atoms with Crippen molar-refractivity contribution in [3.63, 3.8) is 0 Å². The van der Waals surface area contributed by atoms with E-state index in [2.05, 4.69) is 20.9 Å². The molecule has 0 fully saturated rings. The van der Waals surface area contributed by atoms with Crippen LogP contribution in [0.5, 0.6) is 5.75 Å². The van der Waals surface area contributed by atoms with Crippen LogP contribution in [0.15, 0.2) is 53.5 Å². The first-order valence-corrected chi connectivity index (χ1v) is 9.80. The summed E-state index contributed by atoms with van der Waals surface area (Å²) < 4.78 is 0. The molecule has 2 rings (SSSR count). The van der Waals surface area contributed by atoms with Gasteiger partial charge in [-0.1, -0.05) is 12.1 Å². The average molecular weight is 539 g/mol. The Morgan fingerprint density at radius 1 is 0.903 bits per heavy atom. The lowest BCUT2D eigenvalue weighted by Crippen LogP contribution is -2.41. The summed E-state index contributed by atoms with van der Waals surface area (Å²) in [5, 5.41) is 18.4. The Labute approximate surface area is 200 Å². The molecule has 2 amide bonds. The largest absolute Gasteiger partial charge is 0.508 e. The Morgan fingerprint density at radius 2 is 1.48 bits per heavy atom. The highest BCUT2D eigenvalue weighted by atomic mass is 127. The molecule has 0 saturated carbocycles. The van der Waals surface area contributed by atoms with E-state index in [-0.39, 0.29) is 41.5 Å². The number of nitrogens with zero attached hydrogens (tertiary/aromatic N) is 2. The second-order valence-electron chi connectivity index (χ2n) is 6.82. The number of amides is 2. The van der Waals surface area contributed by atoms with E-state index in [4.69, 9.17) is 0 Å². The van der Waals surface area contributed by atoms with Crippen molar-refractivity contribution in [3.05, 3.63) is 65.2 Å². The molecule has 0 unspecified atom stereocenters. The average Bonchev–Trinajstić information content (AvgIpc) is 2.75. The minimum Gasteiger partial charge on any atom is -0.508 e. The van der Waals surface area contributed by atoms with Crippen LogP contribution in [0.3, 0.4) is 0 Å². The molecule has 8 nitrogen and oxygen atoms in total. The van der Waals surface area contributed by atoms with Gasteiger partial charge in [-0.25, -0.2) is 4.99 Å². The lowest BCUT2D eigenvalue weighted by atomic mass is 10.1. The maximum atomic E-state index is 12.1. The molecule has 2 aromatic rings. The number of hydrogen-bond donors (Lipinski definition) is 4. The quantitative estimate of drug-likeness (QED) is 0.178. The van der Waals surface area contributed by atoms with E-state index in [9.17, 15) is 14.7 Å². The monoisotopic (exact) mass is 539 g/mol. The zero-order chi connectivity index (χ0) is 21.9. The molecule has 2 aromatic carbocycles. The molecule has 0 heterocycles. The molecule has 0 saturated heterocycles. The Kier molecular flexibility index (Phi) is 11.4. The Morgan fingerprint density at radius 3 is 2.06 bits per heavy atom. The topological polar surface area (TPSA) is 106 Å². The number of aliphatic imine (C=N–C) groups is 1. The van der Waals surface area contributed by atoms with Crippen LogP contribution < -0.4 is 16.0 Å². The summed E-state index contributed by atoms with van der Waals surface area (Å²) in [6.07, 6.45) is 0. The number of phenolic OH excluding ortho intramolecular Hbond substituents is 1. The fourth-order valence-corrected chi connectivity index (χ4v) is 2.59. The second kappa shape index (κ2) is 13.5. The van der Waals surface area contributed by atoms with Gasteiger partial charge in [0.25, 0.3) is 11.8 Å². The lowest BCUT2D eigenvalue weighted by molar-refractivity contribution is 0.0827. The lowest BCUT2D eigenvalue weighted by Gasteiger charge is -2.12. The summed E-state index contributed by atoms with van der Waals surface area (Å²) in [6.45, 7) is 4.08. The van der Waals surface area contributed by atoms with Crippen LogP contribution in [0.25, 0.3) is 0 Å². The first-order valence-electron chi connectivity index (χ1n) is 9.80. The fourth-order valence-electron chi connectivity index (χ4n) is 2.59. The highest BCUT2D eigenvalue weighted by Crippen LogP contribution is 2.09. The standard InChI is InChI=1S/C22H29N5O3.HI/c1-4-23-22(25-14-13-24-20(29)17-9-11-19(28)12-10-17)26-15-16-5-7-18(8-6-16)21(30)27(2)3;/h5-12,28H,4,13-15H2,1-3H3,(H,24,29)(H2,23,25,26);1H. The molecule has 0 bridgehead atoms. The number of aromatic hydroxyl groups is 1. The minimum absolute atomic E-state index is 0. The Balaban J connectivity index is 0.00000480. The molecule has 0 aliphatic heterocycles. The summed E-state index contributed by atoms with van der Waals surface area (Å²) in [7, 11) is 3.45. The van der Waals surface area contributed by atoms with Crippen molar-refractivity contribution in [2.24, 2.45) is 4.99 Å². The molecule has 0 radical (unpaired) electrons. The van der Waals surface area contributed by atoms with E-state index in [0.29, 0.717) is 43.3 Å². The van der Waals surface area contributed by atoms with Crippen LogP contribution in [0.1, 0.15) is 33.2 Å². The predicted molar refractivity (Wildman–Crippen MR) is 133 cm³/mol. The molecular formula is C22H30IN5O3. The van der Waals surface area contributed by atoms with Crippen molar-refractivity contribution < 1.29 is 14.7 Å². The van der Waals surface area contributed by atoms with Gasteiger partial charge in [-0.2, -0.15) is 0 Å². The number of benzene rings is 2. The Hall–Kier alpha value is -2.82. The number of hydrogen-bond acceptors (Lipinski definition) is 4. The normalized spacial score (nSPS) is 10.6. The van der Waals surface area contributed by atoms with Crippen LogP contribution in [0.4, 0.5) is 0 Å². The molecule has 31 heavy (non-hydrogen) atoms. The molecule has 9 heteroatoms. The third kappa shape index (κ3) is 8.83. The molecule has 0 atom stereocenters. The van der Waals surface area contributed by atoms with E-state index in [1.165, 1.54) is 12.1 Å². The van der Waals surface area contributed by atoms with Gasteiger partial charge in [0.1, 0.15) is 5.75 Å². The van der Waals surface area contributed by atoms with Gasteiger partial charge < -0.3 is 26.0 Å². The number of carbonyl (C=O) groups is 2. The number of halogens is 1. The number of phenols is 1. The van der Waals surface area contributed by atoms with Crippen molar-refractivity contribution in [3.8, 4) is 5.75 Å². The molecule has 168 valence electrons. The molecule has 4 N–H and O–H groups in total. The summed E-state index contributed by atoms with van der Waals surface area (Å²) in [4.78, 5) is 30.1. The van der Waals surface area contributed by atoms with E-state index in [0.717, 1.165) is 5.56 Å². The fraction of sp³-hybridized carbons (Fsp3) is 0.318. The van der Waals surface area contributed by atoms with Crippen molar-refractivity contribution in [2.45, 2.75) is 13.5 Å². The van der Waals surface area contributed by atoms with Crippen LogP contribution in [-0.4, -0.2) is 61.5 Å². The van der Waals surface area contributed by atoms with Crippen molar-refractivity contribution in [1.82, 2.24) is 20.9 Å². The molecule has 0 aliphatic carbocycles. The molecular weight excluding hydrogens is 509 g/mol. The summed E-state index contributed by atoms with van der Waals surface area (Å²) in [5.74, 6) is 0.531. The van der Waals surface area contributed by atoms with Gasteiger partial charge in [-0.3, -0.25) is 9.59 Å². The molecule has 0 aromatic heterocycles. The van der Waals surface area contributed by atoms with E-state index in [1.807, 2.05) is 19.1 Å². The van der Waals surface area contributed by atoms with Crippen molar-refractivity contribution in [2.75, 3.05) is 33.7 Å². The van der Waals surface area contributed by atoms with Crippen molar-refractivity contribution in [1.29, 1.82) is 0 Å². The first kappa shape index (κ1) is 26.2. The minimum atomic E-state index is -0.203. The third-order valence-corrected chi connectivity index (χ3v) is 4.20. The number of nitrogens with one attached hydrogen (secondary N) is 3. The maximum Gasteiger partial charge on any atom is 0.253 e. The highest BCUT2D eigenvalue weighted by Gasteiger charge is 2.07. The maximum absolute atomic E-state index is 12.1. The van der Waals surface area contributed by atoms with Crippen LogP contribution in [0.2, 0.25) is 0 Å². The second-order valence-corrected chi connectivity index (χ2v) is 6.82. The van der Waals surface area contributed by atoms with Gasteiger partial charge in [-0.05, 0) is 48.9 Å². The smallest absolute Gasteiger partial charge is 0.253 e. The van der Waals surface area contributed by atoms with Gasteiger partial charge in [0.2, 0.25) is 0 Å². The van der Waals surface area contributed by atoms with E-state index >= 15 is 0 Å². The van der Waals surface area contributed by atoms with E-state index in [1.54, 1.807) is 43.3 Å². The van der Waals surface area contributed by atoms with Crippen LogP contribution in [0, 0.1) is 0 Å². The number of guanidine groups is 1. The predicted octanol–water partition coefficient (Wildman–Crippen LogP) is 2.20. The van der Waals surface area contributed by atoms with Gasteiger partial charge in [0, 0.05) is 44.9 Å². The Bertz CT molecular complexity index is 868. The zero-order valence-corrected chi connectivity index (χ0v) is 20.3. The number of carbonyl (C=O) groups excluding carboxylic acids is 2. The zero-order valence-electron chi connectivity index (χ0n) is 18.0. The summed E-state index contributed by atoms with van der Waals surface area (Å²) >= 11 is 0. The molecule has 0 aliphatic rings. The number of rotatable bonds is 8. The van der Waals surface area contributed by atoms with Gasteiger partial charge in [0.15, 0.2) is 5.96 Å². The SMILES string of the molecule is CCNC(=NCc1ccc(C(=O)N(C)C)cc1)NCCNC(=O)c1ccc(O)cc1.I. The van der Waals surface area contributed by atoms with E-state index < -0.39 is 0 Å². The van der Waals surface area contributed by atoms with Gasteiger partial charge >= 0.3 is 0 Å². The first-order chi connectivity index (χ1) is 14.4. The van der Waals surface area contributed by atoms with Crippen LogP contribution >= 0.6 is 24.0 Å². The molecule has 0 spiro atoms. The van der Waals surface area contributed by atoms with Gasteiger partial charge in [-0.15, -0.1) is 24.0 Å². The third-order valence-electron chi connectivity index (χ3n) is 4.20. The summed E-state index contributed by atoms with van der Waals surface area (Å²) in [6, 6.07) is 13.5. The summed E-state index contributed by atoms with van der Waals surface area (Å²) in [5.41, 5.74) is 2.12. The van der Waals surface area contributed by atoms with Crippen molar-refractivity contribution >= 4 is 41.8 Å². The van der Waals surface area contributed by atoms with Gasteiger partial charge in [0.05, 0.1) is 6.54 Å². The highest BCUT2D eigenvalue weighted by molar-refractivity contribution is 14.0. The van der Waals surface area contributed by atoms with Crippen LogP contribution in [-0.2, 0) is 6.54 Å².